The van der Waals surface area contributed by atoms with E-state index in [4.69, 9.17) is 4.52 Å². The van der Waals surface area contributed by atoms with Crippen LogP contribution in [0.1, 0.15) is 30.5 Å². The molecule has 0 aliphatic heterocycles. The summed E-state index contributed by atoms with van der Waals surface area (Å²) < 4.78 is 18.5. The Kier molecular flexibility index (Phi) is 5.06. The topological polar surface area (TPSA) is 87.7 Å². The van der Waals surface area contributed by atoms with Crippen molar-refractivity contribution < 1.29 is 18.9 Å². The van der Waals surface area contributed by atoms with Crippen molar-refractivity contribution in [3.63, 3.8) is 0 Å². The van der Waals surface area contributed by atoms with Crippen molar-refractivity contribution in [2.75, 3.05) is 0 Å². The SMILES string of the molecule is O=C(Cc1nocc1C(=Nc1ccc(F)c(Br)c1)NO)CC1CC1. The molecule has 1 saturated carbocycles. The van der Waals surface area contributed by atoms with Gasteiger partial charge in [0.2, 0.25) is 0 Å². The molecule has 0 spiro atoms. The molecule has 0 saturated heterocycles. The third-order valence-corrected chi connectivity index (χ3v) is 4.34. The number of rotatable bonds is 6. The smallest absolute Gasteiger partial charge is 0.162 e. The Labute approximate surface area is 145 Å². The standard InChI is InChI=1S/C16H15BrFN3O3/c17-13-6-10(3-4-14(13)18)19-16(20-23)12-8-24-21-15(12)7-11(22)5-9-1-2-9/h3-4,6,8-9,23H,1-2,5,7H2,(H,19,20). The first-order chi connectivity index (χ1) is 11.6. The van der Waals surface area contributed by atoms with Crippen molar-refractivity contribution >= 4 is 33.2 Å². The Balaban J connectivity index is 1.82. The van der Waals surface area contributed by atoms with E-state index < -0.39 is 5.82 Å². The van der Waals surface area contributed by atoms with Gasteiger partial charge in [-0.15, -0.1) is 0 Å². The van der Waals surface area contributed by atoms with Crippen LogP contribution in [0.15, 0.2) is 38.5 Å². The minimum atomic E-state index is -0.413. The van der Waals surface area contributed by atoms with Crippen LogP contribution < -0.4 is 5.48 Å². The predicted molar refractivity (Wildman–Crippen MR) is 87.8 cm³/mol. The van der Waals surface area contributed by atoms with E-state index in [0.29, 0.717) is 29.3 Å². The zero-order valence-electron chi connectivity index (χ0n) is 12.6. The van der Waals surface area contributed by atoms with E-state index in [1.807, 2.05) is 5.48 Å². The fourth-order valence-corrected chi connectivity index (χ4v) is 2.68. The molecule has 0 amide bonds. The zero-order valence-corrected chi connectivity index (χ0v) is 14.2. The van der Waals surface area contributed by atoms with Gasteiger partial charge < -0.3 is 4.52 Å². The van der Waals surface area contributed by atoms with E-state index in [1.165, 1.54) is 24.5 Å². The Morgan fingerprint density at radius 3 is 2.96 bits per heavy atom. The molecule has 1 fully saturated rings. The average Bonchev–Trinajstić information content (AvgIpc) is 3.25. The Morgan fingerprint density at radius 1 is 1.50 bits per heavy atom. The molecule has 1 heterocycles. The average molecular weight is 396 g/mol. The third kappa shape index (κ3) is 4.07. The molecule has 126 valence electrons. The molecule has 2 N–H and O–H groups in total. The second-order valence-corrected chi connectivity index (χ2v) is 6.56. The normalized spacial score (nSPS) is 14.7. The van der Waals surface area contributed by atoms with Gasteiger partial charge in [0.15, 0.2) is 5.84 Å². The number of carbonyl (C=O) groups is 1. The van der Waals surface area contributed by atoms with E-state index in [2.05, 4.69) is 26.1 Å². The number of Topliss-reactive ketones (excluding diaryl/α,β-unsaturated/α-hetero) is 1. The van der Waals surface area contributed by atoms with Crippen LogP contribution in [0, 0.1) is 11.7 Å². The molecule has 24 heavy (non-hydrogen) atoms. The predicted octanol–water partition coefficient (Wildman–Crippen LogP) is 3.55. The molecular weight excluding hydrogens is 381 g/mol. The van der Waals surface area contributed by atoms with Crippen LogP contribution in [0.25, 0.3) is 0 Å². The minimum absolute atomic E-state index is 0.0731. The number of aliphatic imine (C=N–C) groups is 1. The highest BCUT2D eigenvalue weighted by Gasteiger charge is 2.26. The second kappa shape index (κ2) is 7.23. The van der Waals surface area contributed by atoms with Crippen molar-refractivity contribution in [1.82, 2.24) is 10.6 Å². The lowest BCUT2D eigenvalue weighted by atomic mass is 10.1. The van der Waals surface area contributed by atoms with Gasteiger partial charge in [-0.1, -0.05) is 5.16 Å². The Bertz CT molecular complexity index is 787. The molecule has 1 aromatic carbocycles. The first-order valence-electron chi connectivity index (χ1n) is 7.46. The van der Waals surface area contributed by atoms with Crippen LogP contribution in [-0.4, -0.2) is 22.0 Å². The van der Waals surface area contributed by atoms with Gasteiger partial charge in [0, 0.05) is 6.42 Å². The molecule has 0 bridgehead atoms. The van der Waals surface area contributed by atoms with E-state index in [9.17, 15) is 14.4 Å². The molecule has 2 aromatic rings. The molecule has 6 nitrogen and oxygen atoms in total. The monoisotopic (exact) mass is 395 g/mol. The first-order valence-corrected chi connectivity index (χ1v) is 8.25. The number of aromatic nitrogens is 1. The summed E-state index contributed by atoms with van der Waals surface area (Å²) in [5.74, 6) is 0.232. The van der Waals surface area contributed by atoms with E-state index in [0.717, 1.165) is 12.8 Å². The van der Waals surface area contributed by atoms with Crippen LogP contribution in [0.5, 0.6) is 0 Å². The maximum absolute atomic E-state index is 13.3. The number of halogens is 2. The van der Waals surface area contributed by atoms with Crippen LogP contribution in [0.3, 0.4) is 0 Å². The molecule has 3 rings (SSSR count). The molecule has 1 aliphatic carbocycles. The first kappa shape index (κ1) is 16.8. The van der Waals surface area contributed by atoms with Gasteiger partial charge in [0.25, 0.3) is 0 Å². The van der Waals surface area contributed by atoms with E-state index >= 15 is 0 Å². The van der Waals surface area contributed by atoms with Crippen molar-refractivity contribution in [3.05, 3.63) is 46.0 Å². The fraction of sp³-hybridized carbons (Fsp3) is 0.312. The fourth-order valence-electron chi connectivity index (χ4n) is 2.31. The quantitative estimate of drug-likeness (QED) is 0.443. The number of hydrogen-bond donors (Lipinski definition) is 2. The zero-order chi connectivity index (χ0) is 17.1. The summed E-state index contributed by atoms with van der Waals surface area (Å²) in [7, 11) is 0. The molecule has 0 radical (unpaired) electrons. The second-order valence-electron chi connectivity index (χ2n) is 5.71. The number of nitrogens with one attached hydrogen (secondary N) is 1. The summed E-state index contributed by atoms with van der Waals surface area (Å²) >= 11 is 3.08. The van der Waals surface area contributed by atoms with Crippen LogP contribution in [0.4, 0.5) is 10.1 Å². The lowest BCUT2D eigenvalue weighted by molar-refractivity contribution is -0.118. The van der Waals surface area contributed by atoms with Gasteiger partial charge in [0.05, 0.1) is 22.1 Å². The minimum Gasteiger partial charge on any atom is -0.364 e. The summed E-state index contributed by atoms with van der Waals surface area (Å²) in [5, 5.41) is 13.2. The molecular formula is C16H15BrFN3O3. The molecule has 1 aromatic heterocycles. The highest BCUT2D eigenvalue weighted by Crippen LogP contribution is 2.33. The third-order valence-electron chi connectivity index (χ3n) is 3.73. The van der Waals surface area contributed by atoms with E-state index in [-0.39, 0.29) is 22.5 Å². The number of ketones is 1. The lowest BCUT2D eigenvalue weighted by Gasteiger charge is -2.05. The highest BCUT2D eigenvalue weighted by atomic mass is 79.9. The maximum Gasteiger partial charge on any atom is 0.162 e. The van der Waals surface area contributed by atoms with Crippen LogP contribution >= 0.6 is 15.9 Å². The number of nitrogens with zero attached hydrogens (tertiary/aromatic N) is 2. The van der Waals surface area contributed by atoms with Gasteiger partial charge in [-0.05, 0) is 52.9 Å². The summed E-state index contributed by atoms with van der Waals surface area (Å²) in [6, 6.07) is 4.19. The molecule has 8 heteroatoms. The summed E-state index contributed by atoms with van der Waals surface area (Å²) in [5.41, 5.74) is 3.19. The maximum atomic E-state index is 13.3. The van der Waals surface area contributed by atoms with Crippen molar-refractivity contribution in [2.45, 2.75) is 25.7 Å². The number of amidine groups is 1. The summed E-state index contributed by atoms with van der Waals surface area (Å²) in [6.07, 6.45) is 4.16. The van der Waals surface area contributed by atoms with Gasteiger partial charge in [-0.3, -0.25) is 15.5 Å². The van der Waals surface area contributed by atoms with Crippen molar-refractivity contribution in [3.8, 4) is 0 Å². The Hall–Kier alpha value is -2.06. The van der Waals surface area contributed by atoms with Gasteiger partial charge in [-0.2, -0.15) is 0 Å². The van der Waals surface area contributed by atoms with E-state index in [1.54, 1.807) is 0 Å². The number of hydrogen-bond acceptors (Lipinski definition) is 5. The number of hydroxylamine groups is 1. The van der Waals surface area contributed by atoms with Crippen LogP contribution in [-0.2, 0) is 11.2 Å². The van der Waals surface area contributed by atoms with Gasteiger partial charge in [-0.25, -0.2) is 9.38 Å². The largest absolute Gasteiger partial charge is 0.364 e. The lowest BCUT2D eigenvalue weighted by Crippen LogP contribution is -2.21. The molecule has 0 unspecified atom stereocenters. The number of benzene rings is 1. The molecule has 0 atom stereocenters. The Morgan fingerprint density at radius 2 is 2.29 bits per heavy atom. The van der Waals surface area contributed by atoms with Crippen molar-refractivity contribution in [2.24, 2.45) is 10.9 Å². The van der Waals surface area contributed by atoms with Gasteiger partial charge in [0.1, 0.15) is 23.6 Å². The summed E-state index contributed by atoms with van der Waals surface area (Å²) in [4.78, 5) is 16.2. The summed E-state index contributed by atoms with van der Waals surface area (Å²) in [6.45, 7) is 0. The molecule has 1 aliphatic rings. The van der Waals surface area contributed by atoms with Crippen molar-refractivity contribution in [1.29, 1.82) is 0 Å². The van der Waals surface area contributed by atoms with Gasteiger partial charge >= 0.3 is 0 Å². The number of carbonyl (C=O) groups excluding carboxylic acids is 1. The van der Waals surface area contributed by atoms with Crippen LogP contribution in [0.2, 0.25) is 0 Å². The highest BCUT2D eigenvalue weighted by molar-refractivity contribution is 9.10.